The molecule has 0 saturated heterocycles. The number of esters is 3. The average molecular weight is 1510 g/mol. The molecule has 4 N–H and O–H groups in total. The highest BCUT2D eigenvalue weighted by atomic mass is 31.2. The van der Waals surface area contributed by atoms with Crippen molar-refractivity contribution in [2.24, 2.45) is 0 Å². The summed E-state index contributed by atoms with van der Waals surface area (Å²) >= 11 is 0. The van der Waals surface area contributed by atoms with Crippen molar-refractivity contribution in [2.45, 2.75) is 360 Å². The number of carbonyl (C=O) groups excluding carboxylic acids is 3. The van der Waals surface area contributed by atoms with Gasteiger partial charge < -0.3 is 34.2 Å². The van der Waals surface area contributed by atoms with E-state index in [0.717, 1.165) is 109 Å². The van der Waals surface area contributed by atoms with Crippen LogP contribution in [0.5, 0.6) is 0 Å². The summed E-state index contributed by atoms with van der Waals surface area (Å²) in [6, 6.07) is 0. The van der Waals surface area contributed by atoms with Crippen molar-refractivity contribution in [1.82, 2.24) is 0 Å². The van der Waals surface area contributed by atoms with E-state index >= 15 is 0 Å². The van der Waals surface area contributed by atoms with Gasteiger partial charge in [0.05, 0.1) is 26.4 Å². The van der Waals surface area contributed by atoms with Crippen LogP contribution >= 0.6 is 15.6 Å². The van der Waals surface area contributed by atoms with Crippen molar-refractivity contribution in [1.29, 1.82) is 0 Å². The van der Waals surface area contributed by atoms with Crippen LogP contribution < -0.4 is 0 Å². The molecule has 604 valence electrons. The number of hydrogen-bond acceptors (Lipinski definition) is 14. The van der Waals surface area contributed by atoms with Crippen LogP contribution in [0.3, 0.4) is 0 Å². The molecule has 0 spiro atoms. The first kappa shape index (κ1) is 101. The minimum absolute atomic E-state index is 0.0455. The summed E-state index contributed by atoms with van der Waals surface area (Å²) in [6.45, 7) is 2.40. The normalized spacial score (nSPS) is 14.6. The lowest BCUT2D eigenvalue weighted by molar-refractivity contribution is -0.161. The second-order valence-corrected chi connectivity index (χ2v) is 30.4. The van der Waals surface area contributed by atoms with E-state index in [1.54, 1.807) is 0 Å². The monoisotopic (exact) mass is 1510 g/mol. The summed E-state index contributed by atoms with van der Waals surface area (Å²) in [4.78, 5) is 58.6. The first-order chi connectivity index (χ1) is 51.2. The van der Waals surface area contributed by atoms with Gasteiger partial charge in [-0.05, 0) is 103 Å². The molecule has 5 atom stereocenters. The van der Waals surface area contributed by atoms with E-state index in [1.807, 2.05) is 18.2 Å². The number of ether oxygens (including phenoxy) is 3. The Bertz CT molecular complexity index is 2440. The molecule has 0 aromatic carbocycles. The quantitative estimate of drug-likeness (QED) is 0.0146. The van der Waals surface area contributed by atoms with Gasteiger partial charge in [-0.2, -0.15) is 0 Å². The molecule has 0 aliphatic carbocycles. The second kappa shape index (κ2) is 79.2. The molecule has 0 bridgehead atoms. The fourth-order valence-electron chi connectivity index (χ4n) is 11.2. The van der Waals surface area contributed by atoms with Gasteiger partial charge in [0, 0.05) is 19.3 Å². The summed E-state index contributed by atoms with van der Waals surface area (Å²) < 4.78 is 61.1. The summed E-state index contributed by atoms with van der Waals surface area (Å²) in [5.41, 5.74) is 0. The van der Waals surface area contributed by atoms with Gasteiger partial charge in [-0.25, -0.2) is 9.13 Å². The van der Waals surface area contributed by atoms with Crippen LogP contribution in [0, 0.1) is 0 Å². The van der Waals surface area contributed by atoms with Crippen LogP contribution in [0.2, 0.25) is 0 Å². The van der Waals surface area contributed by atoms with E-state index in [2.05, 4.69) is 136 Å². The van der Waals surface area contributed by atoms with Crippen molar-refractivity contribution < 1.29 is 75.8 Å². The van der Waals surface area contributed by atoms with Gasteiger partial charge in [0.25, 0.3) is 0 Å². The lowest BCUT2D eigenvalue weighted by Gasteiger charge is -2.21. The first-order valence-corrected chi connectivity index (χ1v) is 44.5. The van der Waals surface area contributed by atoms with Crippen LogP contribution in [-0.2, 0) is 55.8 Å². The van der Waals surface area contributed by atoms with Crippen molar-refractivity contribution in [3.05, 3.63) is 134 Å². The van der Waals surface area contributed by atoms with Crippen LogP contribution in [0.1, 0.15) is 342 Å². The van der Waals surface area contributed by atoms with E-state index < -0.39 is 91.5 Å². The Morgan fingerprint density at radius 3 is 0.857 bits per heavy atom. The molecule has 0 aliphatic rings. The molecule has 16 nitrogen and oxygen atoms in total. The van der Waals surface area contributed by atoms with Crippen LogP contribution in [-0.4, -0.2) is 95.9 Å². The zero-order chi connectivity index (χ0) is 76.6. The fourth-order valence-corrected chi connectivity index (χ4v) is 12.7. The second-order valence-electron chi connectivity index (χ2n) is 27.5. The number of rotatable bonds is 78. The minimum Gasteiger partial charge on any atom is -0.463 e. The van der Waals surface area contributed by atoms with Crippen molar-refractivity contribution in [3.63, 3.8) is 0 Å². The van der Waals surface area contributed by atoms with E-state index in [-0.39, 0.29) is 19.3 Å². The van der Waals surface area contributed by atoms with Gasteiger partial charge in [0.2, 0.25) is 0 Å². The highest BCUT2D eigenvalue weighted by Gasteiger charge is 2.29. The number of aliphatic hydroxyl groups is 2. The molecule has 0 fully saturated rings. The zero-order valence-electron chi connectivity index (χ0n) is 66.1. The highest BCUT2D eigenvalue weighted by Crippen LogP contribution is 2.45. The van der Waals surface area contributed by atoms with E-state index in [1.165, 1.54) is 167 Å². The summed E-state index contributed by atoms with van der Waals surface area (Å²) in [5.74, 6) is -1.66. The summed E-state index contributed by atoms with van der Waals surface area (Å²) in [7, 11) is -9.81. The molecule has 105 heavy (non-hydrogen) atoms. The van der Waals surface area contributed by atoms with Gasteiger partial charge >= 0.3 is 33.6 Å². The molecule has 0 saturated carbocycles. The summed E-state index contributed by atoms with van der Waals surface area (Å²) in [6.07, 6.45) is 96.8. The Balaban J connectivity index is 4.43. The van der Waals surface area contributed by atoms with E-state index in [4.69, 9.17) is 32.3 Å². The molecule has 0 aromatic heterocycles. The van der Waals surface area contributed by atoms with Gasteiger partial charge in [-0.1, -0.05) is 353 Å². The first-order valence-electron chi connectivity index (χ1n) is 41.5. The average Bonchev–Trinajstić information content (AvgIpc) is 0.913. The molecule has 0 rings (SSSR count). The maximum Gasteiger partial charge on any atom is 0.472 e. The molecule has 5 unspecified atom stereocenters. The number of phosphoric acid groups is 2. The smallest absolute Gasteiger partial charge is 0.463 e. The predicted molar refractivity (Wildman–Crippen MR) is 436 cm³/mol. The Labute approximate surface area is 639 Å². The SMILES string of the molecule is CC/C=C\C/C=C\C/C=C\C/C=C\C/C=C\C/C=C\CCC(=O)OCC(COP(=O)(O)OCC(O)COP(=O)(O)OCC(O)COC(=O)CCCCCCCCCCCCCCCCCCCCC/C=C\C/C=C\C/C=C\C/C=C\C/C=C\CC)OC(=O)CCCCCCCCCCCCCCCCC. The zero-order valence-corrected chi connectivity index (χ0v) is 67.9. The third-order valence-corrected chi connectivity index (χ3v) is 19.3. The van der Waals surface area contributed by atoms with Gasteiger partial charge in [0.1, 0.15) is 25.4 Å². The topological polar surface area (TPSA) is 231 Å². The van der Waals surface area contributed by atoms with Crippen LogP contribution in [0.25, 0.3) is 0 Å². The predicted octanol–water partition coefficient (Wildman–Crippen LogP) is 24.7. The summed E-state index contributed by atoms with van der Waals surface area (Å²) in [5, 5.41) is 20.7. The Hall–Kier alpha value is -4.31. The molecular formula is C87H150O16P2. The van der Waals surface area contributed by atoms with Crippen LogP contribution in [0.4, 0.5) is 0 Å². The molecule has 0 heterocycles. The van der Waals surface area contributed by atoms with Gasteiger partial charge in [0.15, 0.2) is 6.10 Å². The molecular weight excluding hydrogens is 1360 g/mol. The Morgan fingerprint density at radius 1 is 0.276 bits per heavy atom. The largest absolute Gasteiger partial charge is 0.472 e. The molecule has 0 radical (unpaired) electrons. The molecule has 18 heteroatoms. The number of hydrogen-bond donors (Lipinski definition) is 4. The van der Waals surface area contributed by atoms with Crippen molar-refractivity contribution >= 4 is 33.6 Å². The molecule has 0 aromatic rings. The Morgan fingerprint density at radius 2 is 0.524 bits per heavy atom. The van der Waals surface area contributed by atoms with E-state index in [0.29, 0.717) is 25.7 Å². The van der Waals surface area contributed by atoms with E-state index in [9.17, 15) is 43.5 Å². The van der Waals surface area contributed by atoms with Gasteiger partial charge in [-0.3, -0.25) is 32.5 Å². The highest BCUT2D eigenvalue weighted by molar-refractivity contribution is 7.47. The minimum atomic E-state index is -4.94. The van der Waals surface area contributed by atoms with Crippen molar-refractivity contribution in [2.75, 3.05) is 39.6 Å². The molecule has 0 amide bonds. The third-order valence-electron chi connectivity index (χ3n) is 17.4. The number of phosphoric ester groups is 2. The maximum absolute atomic E-state index is 13.0. The standard InChI is InChI=1S/C87H150O16P2/c1-4-7-10-13-16-19-22-25-28-30-32-33-34-35-36-37-38-39-40-41-42-43-44-45-46-47-49-51-53-55-58-61-64-67-70-73-85(90)97-76-82(88)77-99-104(93,94)100-78-83(89)79-101-105(95,96)102-81-84(103-87(92)75-72-69-66-63-60-57-52-27-24-21-18-15-12-9-6-3)80-98-86(91)74-71-68-65-62-59-56-54-50-48-31-29-26-23-20-17-14-11-8-5-2/h7-8,10-11,16-17,19-20,25-26,28-29,32-33,35-36,48,50,56,59,65,68,82-84,88-89H,4-6,9,12-15,18,21-24,27,30-31,34,37-47,49,51-55,57-58,60-64,66-67,69-81H2,1-3H3,(H,93,94)(H,95,96)/b10-7-,11-8-,19-16-,20-17-,28-25-,29-26-,33-32-,36-35-,50-48-,59-56-,68-65-. The number of allylic oxidation sites excluding steroid dienone is 22. The van der Waals surface area contributed by atoms with Gasteiger partial charge in [-0.15, -0.1) is 0 Å². The number of carbonyl (C=O) groups is 3. The number of aliphatic hydroxyl groups excluding tert-OH is 2. The molecule has 0 aliphatic heterocycles. The van der Waals surface area contributed by atoms with Crippen molar-refractivity contribution in [3.8, 4) is 0 Å². The van der Waals surface area contributed by atoms with Crippen LogP contribution in [0.15, 0.2) is 134 Å². The lowest BCUT2D eigenvalue weighted by atomic mass is 10.0. The fraction of sp³-hybridized carbons (Fsp3) is 0.713. The lowest BCUT2D eigenvalue weighted by Crippen LogP contribution is -2.30. The maximum atomic E-state index is 13.0. The number of unbranched alkanes of at least 4 members (excludes halogenated alkanes) is 33. The Kier molecular flexibility index (Phi) is 76.0. The third kappa shape index (κ3) is 80.5.